The Morgan fingerprint density at radius 3 is 1.69 bits per heavy atom. The summed E-state index contributed by atoms with van der Waals surface area (Å²) in [5.74, 6) is 0.864. The van der Waals surface area contributed by atoms with Gasteiger partial charge in [0.25, 0.3) is 0 Å². The van der Waals surface area contributed by atoms with Crippen molar-refractivity contribution in [3.05, 3.63) is 0 Å². The van der Waals surface area contributed by atoms with Crippen molar-refractivity contribution < 1.29 is 4.74 Å². The van der Waals surface area contributed by atoms with Crippen LogP contribution >= 0.6 is 0 Å². The molecule has 0 aromatic rings. The maximum Gasteiger partial charge on any atom is 0.0679 e. The topological polar surface area (TPSA) is 9.23 Å². The van der Waals surface area contributed by atoms with E-state index in [0.717, 1.165) is 5.92 Å². The molecule has 0 atom stereocenters. The summed E-state index contributed by atoms with van der Waals surface area (Å²) in [5, 5.41) is 0. The van der Waals surface area contributed by atoms with E-state index in [1.807, 2.05) is 7.11 Å². The molecule has 0 aliphatic heterocycles. The molecule has 13 heavy (non-hydrogen) atoms. The van der Waals surface area contributed by atoms with Crippen LogP contribution in [-0.2, 0) is 4.74 Å². The van der Waals surface area contributed by atoms with Gasteiger partial charge in [-0.2, -0.15) is 0 Å². The summed E-state index contributed by atoms with van der Waals surface area (Å²) in [7, 11) is 1.90. The predicted molar refractivity (Wildman–Crippen MR) is 54.7 cm³/mol. The van der Waals surface area contributed by atoms with E-state index >= 15 is 0 Å². The summed E-state index contributed by atoms with van der Waals surface area (Å²) in [5.41, 5.74) is 0.969. The van der Waals surface area contributed by atoms with Gasteiger partial charge in [0.1, 0.15) is 0 Å². The highest BCUT2D eigenvalue weighted by molar-refractivity contribution is 5.01. The largest absolute Gasteiger partial charge is 0.378 e. The maximum absolute atomic E-state index is 5.69. The van der Waals surface area contributed by atoms with Gasteiger partial charge in [0.05, 0.1) is 5.60 Å². The second kappa shape index (κ2) is 2.98. The smallest absolute Gasteiger partial charge is 0.0679 e. The Hall–Kier alpha value is -0.0400. The van der Waals surface area contributed by atoms with Gasteiger partial charge in [-0.25, -0.2) is 0 Å². The molecule has 0 saturated heterocycles. The van der Waals surface area contributed by atoms with E-state index < -0.39 is 0 Å². The molecule has 1 heteroatoms. The van der Waals surface area contributed by atoms with Gasteiger partial charge in [-0.05, 0) is 49.9 Å². The molecule has 3 aliphatic rings. The number of rotatable bonds is 2. The average Bonchev–Trinajstić information content (AvgIpc) is 2.20. The molecule has 0 spiro atoms. The summed E-state index contributed by atoms with van der Waals surface area (Å²) >= 11 is 0. The van der Waals surface area contributed by atoms with E-state index in [0.29, 0.717) is 5.41 Å². The number of hydrogen-bond donors (Lipinski definition) is 0. The third-order valence-corrected chi connectivity index (χ3v) is 4.89. The van der Waals surface area contributed by atoms with Crippen molar-refractivity contribution in [2.75, 3.05) is 7.11 Å². The fourth-order valence-electron chi connectivity index (χ4n) is 3.35. The normalized spacial score (nSPS) is 44.3. The molecule has 0 amide bonds. The van der Waals surface area contributed by atoms with Gasteiger partial charge in [-0.15, -0.1) is 0 Å². The molecule has 3 saturated carbocycles. The Kier molecular flexibility index (Phi) is 2.18. The number of ether oxygens (including phenoxy) is 1. The van der Waals surface area contributed by atoms with E-state index in [2.05, 4.69) is 13.8 Å². The lowest BCUT2D eigenvalue weighted by Crippen LogP contribution is -2.49. The zero-order chi connectivity index (χ0) is 9.53. The minimum Gasteiger partial charge on any atom is -0.378 e. The molecule has 1 nitrogen and oxygen atoms in total. The van der Waals surface area contributed by atoms with Gasteiger partial charge < -0.3 is 4.74 Å². The van der Waals surface area contributed by atoms with Crippen molar-refractivity contribution in [1.29, 1.82) is 0 Å². The van der Waals surface area contributed by atoms with Crippen molar-refractivity contribution in [1.82, 2.24) is 0 Å². The van der Waals surface area contributed by atoms with Gasteiger partial charge >= 0.3 is 0 Å². The number of fused-ring (bicyclic) bond motifs is 3. The van der Waals surface area contributed by atoms with Crippen molar-refractivity contribution in [2.24, 2.45) is 11.3 Å². The first kappa shape index (κ1) is 9.51. The maximum atomic E-state index is 5.69. The Morgan fingerprint density at radius 1 is 0.923 bits per heavy atom. The highest BCUT2D eigenvalue weighted by atomic mass is 16.5. The first-order chi connectivity index (χ1) is 6.13. The molecule has 0 unspecified atom stereocenters. The fraction of sp³-hybridized carbons (Fsp3) is 1.00. The molecule has 0 N–H and O–H groups in total. The Bertz CT molecular complexity index is 171. The third-order valence-electron chi connectivity index (χ3n) is 4.89. The van der Waals surface area contributed by atoms with E-state index in [1.165, 1.54) is 38.5 Å². The standard InChI is InChI=1S/C12H22O/c1-10(2)11-4-7-12(13-3,8-5-11)9-6-11/h10H,4-9H2,1-3H3. The summed E-state index contributed by atoms with van der Waals surface area (Å²) in [4.78, 5) is 0. The summed E-state index contributed by atoms with van der Waals surface area (Å²) in [6.45, 7) is 4.79. The highest BCUT2D eigenvalue weighted by Gasteiger charge is 2.49. The second-order valence-corrected chi connectivity index (χ2v) is 5.40. The van der Waals surface area contributed by atoms with Gasteiger partial charge in [-0.1, -0.05) is 13.8 Å². The molecule has 0 aromatic carbocycles. The van der Waals surface area contributed by atoms with Crippen LogP contribution in [0, 0.1) is 11.3 Å². The van der Waals surface area contributed by atoms with Gasteiger partial charge in [0.15, 0.2) is 0 Å². The third kappa shape index (κ3) is 1.32. The van der Waals surface area contributed by atoms with Crippen molar-refractivity contribution in [2.45, 2.75) is 58.0 Å². The molecule has 0 aromatic heterocycles. The van der Waals surface area contributed by atoms with Gasteiger partial charge in [-0.3, -0.25) is 0 Å². The van der Waals surface area contributed by atoms with Crippen LogP contribution in [0.1, 0.15) is 52.4 Å². The van der Waals surface area contributed by atoms with E-state index in [4.69, 9.17) is 4.74 Å². The van der Waals surface area contributed by atoms with Crippen LogP contribution < -0.4 is 0 Å². The van der Waals surface area contributed by atoms with Crippen molar-refractivity contribution in [3.8, 4) is 0 Å². The van der Waals surface area contributed by atoms with Crippen LogP contribution in [0.5, 0.6) is 0 Å². The SMILES string of the molecule is COC12CCC(C(C)C)(CC1)CC2. The molecule has 2 bridgehead atoms. The Balaban J connectivity index is 2.11. The van der Waals surface area contributed by atoms with Crippen molar-refractivity contribution >= 4 is 0 Å². The lowest BCUT2D eigenvalue weighted by Gasteiger charge is -2.54. The number of methoxy groups -OCH3 is 1. The van der Waals surface area contributed by atoms with Crippen LogP contribution in [0.2, 0.25) is 0 Å². The summed E-state index contributed by atoms with van der Waals surface area (Å²) < 4.78 is 5.69. The van der Waals surface area contributed by atoms with Crippen LogP contribution in [-0.4, -0.2) is 12.7 Å². The Morgan fingerprint density at radius 2 is 1.38 bits per heavy atom. The molecule has 76 valence electrons. The van der Waals surface area contributed by atoms with Crippen molar-refractivity contribution in [3.63, 3.8) is 0 Å². The first-order valence-corrected chi connectivity index (χ1v) is 5.68. The minimum absolute atomic E-state index is 0.288. The molecule has 3 rings (SSSR count). The zero-order valence-corrected chi connectivity index (χ0v) is 9.23. The lowest BCUT2D eigenvalue weighted by atomic mass is 9.54. The molecular formula is C12H22O. The zero-order valence-electron chi connectivity index (χ0n) is 9.23. The summed E-state index contributed by atoms with van der Waals surface area (Å²) in [6.07, 6.45) is 8.13. The van der Waals surface area contributed by atoms with Crippen LogP contribution in [0.15, 0.2) is 0 Å². The van der Waals surface area contributed by atoms with E-state index in [9.17, 15) is 0 Å². The quantitative estimate of drug-likeness (QED) is 0.636. The number of hydrogen-bond acceptors (Lipinski definition) is 1. The monoisotopic (exact) mass is 182 g/mol. The molecule has 0 heterocycles. The van der Waals surface area contributed by atoms with Gasteiger partial charge in [0, 0.05) is 7.11 Å². The first-order valence-electron chi connectivity index (χ1n) is 5.68. The second-order valence-electron chi connectivity index (χ2n) is 5.40. The molecule has 3 aliphatic carbocycles. The average molecular weight is 182 g/mol. The molecular weight excluding hydrogens is 160 g/mol. The fourth-order valence-corrected chi connectivity index (χ4v) is 3.35. The van der Waals surface area contributed by atoms with Crippen LogP contribution in [0.25, 0.3) is 0 Å². The molecule has 3 fully saturated rings. The van der Waals surface area contributed by atoms with E-state index in [1.54, 1.807) is 0 Å². The Labute approximate surface area is 81.9 Å². The van der Waals surface area contributed by atoms with E-state index in [-0.39, 0.29) is 5.60 Å². The summed E-state index contributed by atoms with van der Waals surface area (Å²) in [6, 6.07) is 0. The van der Waals surface area contributed by atoms with Crippen LogP contribution in [0.4, 0.5) is 0 Å². The van der Waals surface area contributed by atoms with Crippen LogP contribution in [0.3, 0.4) is 0 Å². The lowest BCUT2D eigenvalue weighted by molar-refractivity contribution is -0.129. The highest BCUT2D eigenvalue weighted by Crippen LogP contribution is 2.56. The minimum atomic E-state index is 0.288. The molecule has 0 radical (unpaired) electrons. The van der Waals surface area contributed by atoms with Gasteiger partial charge in [0.2, 0.25) is 0 Å². The predicted octanol–water partition coefficient (Wildman–Crippen LogP) is 3.38.